The third-order valence-corrected chi connectivity index (χ3v) is 7.01. The van der Waals surface area contributed by atoms with Crippen molar-refractivity contribution in [3.8, 4) is 0 Å². The lowest BCUT2D eigenvalue weighted by Crippen LogP contribution is -2.35. The molecule has 0 aromatic heterocycles. The summed E-state index contributed by atoms with van der Waals surface area (Å²) in [6.07, 6.45) is 2.78. The minimum atomic E-state index is -3.50. The third-order valence-electron chi connectivity index (χ3n) is 4.66. The first-order valence-corrected chi connectivity index (χ1v) is 11.6. The van der Waals surface area contributed by atoms with Gasteiger partial charge in [0.1, 0.15) is 0 Å². The standard InChI is InChI=1S/C20H21Cl2N3O4S/c21-15-10-16(22)12-17(11-15)24-20(27)19(26)23-13-14-4-6-18(7-5-14)30(28,29)25-8-2-1-3-9-25/h4-7,10-12H,1-3,8-9,13H2,(H,23,26)(H,24,27). The fourth-order valence-electron chi connectivity index (χ4n) is 3.11. The molecule has 2 aromatic carbocycles. The number of sulfonamides is 1. The lowest BCUT2D eigenvalue weighted by molar-refractivity contribution is -0.136. The first kappa shape index (κ1) is 22.6. The van der Waals surface area contributed by atoms with Gasteiger partial charge in [-0.15, -0.1) is 0 Å². The van der Waals surface area contributed by atoms with Gasteiger partial charge in [-0.2, -0.15) is 4.31 Å². The maximum Gasteiger partial charge on any atom is 0.313 e. The molecule has 1 saturated heterocycles. The van der Waals surface area contributed by atoms with Gasteiger partial charge in [-0.05, 0) is 48.7 Å². The van der Waals surface area contributed by atoms with Crippen molar-refractivity contribution >= 4 is 50.7 Å². The number of carbonyl (C=O) groups is 2. The Morgan fingerprint density at radius 1 is 0.900 bits per heavy atom. The van der Waals surface area contributed by atoms with Crippen molar-refractivity contribution < 1.29 is 18.0 Å². The predicted octanol–water partition coefficient (Wildman–Crippen LogP) is 3.42. The average molecular weight is 470 g/mol. The summed E-state index contributed by atoms with van der Waals surface area (Å²) in [5.74, 6) is -1.70. The van der Waals surface area contributed by atoms with Gasteiger partial charge in [0.2, 0.25) is 10.0 Å². The third kappa shape index (κ3) is 5.72. The summed E-state index contributed by atoms with van der Waals surface area (Å²) in [5.41, 5.74) is 0.972. The fraction of sp³-hybridized carbons (Fsp3) is 0.300. The van der Waals surface area contributed by atoms with Crippen molar-refractivity contribution in [1.82, 2.24) is 9.62 Å². The zero-order chi connectivity index (χ0) is 21.7. The van der Waals surface area contributed by atoms with Gasteiger partial charge in [-0.3, -0.25) is 9.59 Å². The molecule has 3 rings (SSSR count). The van der Waals surface area contributed by atoms with Crippen molar-refractivity contribution in [3.63, 3.8) is 0 Å². The van der Waals surface area contributed by atoms with Gasteiger partial charge in [0.15, 0.2) is 0 Å². The van der Waals surface area contributed by atoms with Crippen LogP contribution in [-0.2, 0) is 26.2 Å². The number of hydrogen-bond acceptors (Lipinski definition) is 4. The van der Waals surface area contributed by atoms with Crippen molar-refractivity contribution in [2.24, 2.45) is 0 Å². The van der Waals surface area contributed by atoms with Crippen LogP contribution in [-0.4, -0.2) is 37.6 Å². The number of amides is 2. The van der Waals surface area contributed by atoms with Crippen LogP contribution in [0, 0.1) is 0 Å². The van der Waals surface area contributed by atoms with E-state index in [4.69, 9.17) is 23.2 Å². The van der Waals surface area contributed by atoms with E-state index < -0.39 is 21.8 Å². The highest BCUT2D eigenvalue weighted by Gasteiger charge is 2.25. The molecule has 7 nitrogen and oxygen atoms in total. The Bertz CT molecular complexity index is 1020. The molecule has 1 aliphatic rings. The zero-order valence-corrected chi connectivity index (χ0v) is 18.4. The fourth-order valence-corrected chi connectivity index (χ4v) is 5.15. The Kier molecular flexibility index (Phi) is 7.36. The van der Waals surface area contributed by atoms with Crippen LogP contribution < -0.4 is 10.6 Å². The van der Waals surface area contributed by atoms with Crippen molar-refractivity contribution in [2.45, 2.75) is 30.7 Å². The number of benzene rings is 2. The van der Waals surface area contributed by atoms with E-state index in [0.29, 0.717) is 34.4 Å². The summed E-state index contributed by atoms with van der Waals surface area (Å²) in [5, 5.41) is 5.58. The zero-order valence-electron chi connectivity index (χ0n) is 16.0. The Labute approximate surface area is 185 Å². The minimum absolute atomic E-state index is 0.0760. The first-order chi connectivity index (χ1) is 14.3. The maximum absolute atomic E-state index is 12.7. The molecule has 10 heteroatoms. The quantitative estimate of drug-likeness (QED) is 0.655. The van der Waals surface area contributed by atoms with Crippen LogP contribution in [0.25, 0.3) is 0 Å². The number of nitrogens with zero attached hydrogens (tertiary/aromatic N) is 1. The predicted molar refractivity (Wildman–Crippen MR) is 116 cm³/mol. The van der Waals surface area contributed by atoms with Gasteiger partial charge in [0.25, 0.3) is 0 Å². The molecule has 30 heavy (non-hydrogen) atoms. The number of piperidine rings is 1. The molecular formula is C20H21Cl2N3O4S. The molecule has 0 atom stereocenters. The lowest BCUT2D eigenvalue weighted by atomic mass is 10.2. The Hall–Kier alpha value is -2.13. The summed E-state index contributed by atoms with van der Waals surface area (Å²) >= 11 is 11.7. The number of anilines is 1. The minimum Gasteiger partial charge on any atom is -0.344 e. The summed E-state index contributed by atoms with van der Waals surface area (Å²) in [4.78, 5) is 24.3. The van der Waals surface area contributed by atoms with Crippen LogP contribution in [0.1, 0.15) is 24.8 Å². The molecule has 0 unspecified atom stereocenters. The maximum atomic E-state index is 12.7. The van der Waals surface area contributed by atoms with Crippen LogP contribution in [0.3, 0.4) is 0 Å². The molecular weight excluding hydrogens is 449 g/mol. The Balaban J connectivity index is 1.56. The van der Waals surface area contributed by atoms with E-state index in [2.05, 4.69) is 10.6 Å². The molecule has 0 spiro atoms. The number of nitrogens with one attached hydrogen (secondary N) is 2. The second-order valence-electron chi connectivity index (χ2n) is 6.90. The van der Waals surface area contributed by atoms with Crippen LogP contribution >= 0.6 is 23.2 Å². The molecule has 0 saturated carbocycles. The Morgan fingerprint density at radius 2 is 1.50 bits per heavy atom. The second-order valence-corrected chi connectivity index (χ2v) is 9.71. The van der Waals surface area contributed by atoms with E-state index in [-0.39, 0.29) is 11.4 Å². The van der Waals surface area contributed by atoms with Crippen molar-refractivity contribution in [2.75, 3.05) is 18.4 Å². The van der Waals surface area contributed by atoms with Gasteiger partial charge >= 0.3 is 11.8 Å². The molecule has 0 aliphatic carbocycles. The molecule has 2 amide bonds. The Morgan fingerprint density at radius 3 is 2.10 bits per heavy atom. The van der Waals surface area contributed by atoms with Crippen LogP contribution in [0.15, 0.2) is 47.4 Å². The number of rotatable bonds is 5. The lowest BCUT2D eigenvalue weighted by Gasteiger charge is -2.25. The largest absolute Gasteiger partial charge is 0.344 e. The summed E-state index contributed by atoms with van der Waals surface area (Å²) < 4.78 is 26.8. The van der Waals surface area contributed by atoms with Crippen molar-refractivity contribution in [1.29, 1.82) is 0 Å². The molecule has 1 aliphatic heterocycles. The SMILES string of the molecule is O=C(NCc1ccc(S(=O)(=O)N2CCCCC2)cc1)C(=O)Nc1cc(Cl)cc(Cl)c1. The second kappa shape index (κ2) is 9.78. The number of halogens is 2. The molecule has 1 heterocycles. The van der Waals surface area contributed by atoms with Crippen LogP contribution in [0.4, 0.5) is 5.69 Å². The van der Waals surface area contributed by atoms with Gasteiger partial charge in [-0.1, -0.05) is 41.8 Å². The highest BCUT2D eigenvalue weighted by molar-refractivity contribution is 7.89. The molecule has 1 fully saturated rings. The van der Waals surface area contributed by atoms with E-state index in [0.717, 1.165) is 19.3 Å². The average Bonchev–Trinajstić information content (AvgIpc) is 2.72. The topological polar surface area (TPSA) is 95.6 Å². The van der Waals surface area contributed by atoms with E-state index in [9.17, 15) is 18.0 Å². The van der Waals surface area contributed by atoms with E-state index in [1.54, 1.807) is 12.1 Å². The van der Waals surface area contributed by atoms with Gasteiger partial charge in [0, 0.05) is 35.4 Å². The highest BCUT2D eigenvalue weighted by Crippen LogP contribution is 2.23. The smallest absolute Gasteiger partial charge is 0.313 e. The number of hydrogen-bond donors (Lipinski definition) is 2. The van der Waals surface area contributed by atoms with Crippen LogP contribution in [0.5, 0.6) is 0 Å². The summed E-state index contributed by atoms with van der Waals surface area (Å²) in [6.45, 7) is 1.15. The molecule has 0 bridgehead atoms. The summed E-state index contributed by atoms with van der Waals surface area (Å²) in [6, 6.07) is 10.7. The molecule has 0 radical (unpaired) electrons. The van der Waals surface area contributed by atoms with Crippen LogP contribution in [0.2, 0.25) is 10.0 Å². The van der Waals surface area contributed by atoms with E-state index in [1.807, 2.05) is 0 Å². The molecule has 160 valence electrons. The normalized spacial score (nSPS) is 14.9. The molecule has 2 aromatic rings. The van der Waals surface area contributed by atoms with E-state index in [1.165, 1.54) is 34.6 Å². The molecule has 2 N–H and O–H groups in total. The van der Waals surface area contributed by atoms with Gasteiger partial charge < -0.3 is 10.6 Å². The van der Waals surface area contributed by atoms with Gasteiger partial charge in [0.05, 0.1) is 4.90 Å². The monoisotopic (exact) mass is 469 g/mol. The summed E-state index contributed by atoms with van der Waals surface area (Å²) in [7, 11) is -3.50. The first-order valence-electron chi connectivity index (χ1n) is 9.40. The number of carbonyl (C=O) groups excluding carboxylic acids is 2. The van der Waals surface area contributed by atoms with Gasteiger partial charge in [-0.25, -0.2) is 8.42 Å². The van der Waals surface area contributed by atoms with E-state index >= 15 is 0 Å². The highest BCUT2D eigenvalue weighted by atomic mass is 35.5. The van der Waals surface area contributed by atoms with Crippen molar-refractivity contribution in [3.05, 3.63) is 58.1 Å².